The molecule has 1 fully saturated rings. The van der Waals surface area contributed by atoms with Gasteiger partial charge in [0.2, 0.25) is 11.7 Å². The predicted molar refractivity (Wildman–Crippen MR) is 107 cm³/mol. The molecule has 0 amide bonds. The third-order valence-corrected chi connectivity index (χ3v) is 5.10. The van der Waals surface area contributed by atoms with Crippen LogP contribution in [0.3, 0.4) is 0 Å². The SMILES string of the molecule is CN(Cc1nc(-c2ccc(F)cc2)no1)Cc1ccccc1N1CCCCC1. The highest BCUT2D eigenvalue weighted by molar-refractivity contribution is 5.54. The number of anilines is 1. The fraction of sp³-hybridized carbons (Fsp3) is 0.364. The first-order valence-electron chi connectivity index (χ1n) is 9.79. The molecule has 0 saturated carbocycles. The van der Waals surface area contributed by atoms with E-state index in [1.165, 1.54) is 42.6 Å². The van der Waals surface area contributed by atoms with E-state index in [0.29, 0.717) is 18.3 Å². The monoisotopic (exact) mass is 380 g/mol. The summed E-state index contributed by atoms with van der Waals surface area (Å²) in [6.45, 7) is 3.63. The topological polar surface area (TPSA) is 45.4 Å². The molecule has 1 aliphatic rings. The fourth-order valence-corrected chi connectivity index (χ4v) is 3.70. The number of hydrogen-bond donors (Lipinski definition) is 0. The Morgan fingerprint density at radius 3 is 2.54 bits per heavy atom. The van der Waals surface area contributed by atoms with Gasteiger partial charge in [-0.1, -0.05) is 23.4 Å². The maximum Gasteiger partial charge on any atom is 0.241 e. The van der Waals surface area contributed by atoms with Gasteiger partial charge in [0.05, 0.1) is 6.54 Å². The van der Waals surface area contributed by atoms with Crippen molar-refractivity contribution in [2.45, 2.75) is 32.4 Å². The van der Waals surface area contributed by atoms with E-state index in [0.717, 1.165) is 25.2 Å². The first kappa shape index (κ1) is 18.6. The summed E-state index contributed by atoms with van der Waals surface area (Å²) in [6, 6.07) is 14.7. The van der Waals surface area contributed by atoms with Crippen LogP contribution in [0.15, 0.2) is 53.1 Å². The van der Waals surface area contributed by atoms with Crippen LogP contribution in [0.5, 0.6) is 0 Å². The number of rotatable bonds is 6. The zero-order chi connectivity index (χ0) is 19.3. The van der Waals surface area contributed by atoms with Crippen molar-refractivity contribution in [3.8, 4) is 11.4 Å². The maximum atomic E-state index is 13.1. The van der Waals surface area contributed by atoms with Gasteiger partial charge in [0.25, 0.3) is 0 Å². The Bertz CT molecular complexity index is 903. The molecule has 2 heterocycles. The molecule has 6 heteroatoms. The molecule has 1 aromatic heterocycles. The van der Waals surface area contributed by atoms with Gasteiger partial charge in [-0.15, -0.1) is 0 Å². The molecule has 4 rings (SSSR count). The van der Waals surface area contributed by atoms with E-state index in [2.05, 4.69) is 51.3 Å². The second-order valence-corrected chi connectivity index (χ2v) is 7.37. The Labute approximate surface area is 164 Å². The van der Waals surface area contributed by atoms with Crippen molar-refractivity contribution in [1.82, 2.24) is 15.0 Å². The Morgan fingerprint density at radius 2 is 1.75 bits per heavy atom. The van der Waals surface area contributed by atoms with E-state index >= 15 is 0 Å². The summed E-state index contributed by atoms with van der Waals surface area (Å²) >= 11 is 0. The van der Waals surface area contributed by atoms with Crippen molar-refractivity contribution in [3.05, 3.63) is 65.8 Å². The van der Waals surface area contributed by atoms with Gasteiger partial charge in [-0.3, -0.25) is 4.90 Å². The summed E-state index contributed by atoms with van der Waals surface area (Å²) in [5.41, 5.74) is 3.38. The third-order valence-electron chi connectivity index (χ3n) is 5.10. The molecule has 5 nitrogen and oxygen atoms in total. The Kier molecular flexibility index (Phi) is 5.67. The molecule has 0 spiro atoms. The van der Waals surface area contributed by atoms with Crippen LogP contribution in [-0.2, 0) is 13.1 Å². The first-order chi connectivity index (χ1) is 13.7. The molecule has 1 aliphatic heterocycles. The standard InChI is InChI=1S/C22H25FN4O/c1-26(15-18-7-3-4-8-20(18)27-13-5-2-6-14-27)16-21-24-22(25-28-21)17-9-11-19(23)12-10-17/h3-4,7-12H,2,5-6,13-16H2,1H3. The number of piperidine rings is 1. The van der Waals surface area contributed by atoms with Crippen molar-refractivity contribution >= 4 is 5.69 Å². The Morgan fingerprint density at radius 1 is 1.00 bits per heavy atom. The smallest absolute Gasteiger partial charge is 0.241 e. The zero-order valence-corrected chi connectivity index (χ0v) is 16.1. The molecular weight excluding hydrogens is 355 g/mol. The number of halogens is 1. The number of benzene rings is 2. The molecule has 0 N–H and O–H groups in total. The highest BCUT2D eigenvalue weighted by atomic mass is 19.1. The van der Waals surface area contributed by atoms with Crippen molar-refractivity contribution in [2.75, 3.05) is 25.0 Å². The van der Waals surface area contributed by atoms with E-state index in [-0.39, 0.29) is 5.82 Å². The van der Waals surface area contributed by atoms with Crippen molar-refractivity contribution in [2.24, 2.45) is 0 Å². The van der Waals surface area contributed by atoms with Gasteiger partial charge < -0.3 is 9.42 Å². The Balaban J connectivity index is 1.42. The molecule has 1 saturated heterocycles. The molecule has 0 bridgehead atoms. The Hall–Kier alpha value is -2.73. The van der Waals surface area contributed by atoms with E-state index in [1.807, 2.05) is 0 Å². The van der Waals surface area contributed by atoms with Crippen LogP contribution in [0.1, 0.15) is 30.7 Å². The summed E-state index contributed by atoms with van der Waals surface area (Å²) < 4.78 is 18.5. The van der Waals surface area contributed by atoms with Crippen LogP contribution in [0, 0.1) is 5.82 Å². The summed E-state index contributed by atoms with van der Waals surface area (Å²) in [5, 5.41) is 4.02. The van der Waals surface area contributed by atoms with Crippen LogP contribution < -0.4 is 4.90 Å². The number of hydrogen-bond acceptors (Lipinski definition) is 5. The fourth-order valence-electron chi connectivity index (χ4n) is 3.70. The van der Waals surface area contributed by atoms with Gasteiger partial charge in [0.15, 0.2) is 0 Å². The summed E-state index contributed by atoms with van der Waals surface area (Å²) in [5.74, 6) is 0.758. The van der Waals surface area contributed by atoms with E-state index in [4.69, 9.17) is 4.52 Å². The largest absolute Gasteiger partial charge is 0.371 e. The maximum absolute atomic E-state index is 13.1. The summed E-state index contributed by atoms with van der Waals surface area (Å²) in [4.78, 5) is 9.12. The van der Waals surface area contributed by atoms with Gasteiger partial charge >= 0.3 is 0 Å². The lowest BCUT2D eigenvalue weighted by Gasteiger charge is -2.31. The lowest BCUT2D eigenvalue weighted by atomic mass is 10.1. The molecular formula is C22H25FN4O. The van der Waals surface area contributed by atoms with Crippen molar-refractivity contribution in [3.63, 3.8) is 0 Å². The minimum Gasteiger partial charge on any atom is -0.371 e. The van der Waals surface area contributed by atoms with Gasteiger partial charge in [-0.2, -0.15) is 4.98 Å². The second-order valence-electron chi connectivity index (χ2n) is 7.37. The van der Waals surface area contributed by atoms with E-state index in [1.54, 1.807) is 12.1 Å². The lowest BCUT2D eigenvalue weighted by Crippen LogP contribution is -2.31. The number of para-hydroxylation sites is 1. The third kappa shape index (κ3) is 4.39. The average molecular weight is 380 g/mol. The molecule has 3 aromatic rings. The highest BCUT2D eigenvalue weighted by Crippen LogP contribution is 2.25. The second kappa shape index (κ2) is 8.52. The molecule has 0 aliphatic carbocycles. The highest BCUT2D eigenvalue weighted by Gasteiger charge is 2.16. The molecule has 146 valence electrons. The minimum absolute atomic E-state index is 0.278. The summed E-state index contributed by atoms with van der Waals surface area (Å²) in [6.07, 6.45) is 3.85. The van der Waals surface area contributed by atoms with Gasteiger partial charge in [-0.25, -0.2) is 4.39 Å². The van der Waals surface area contributed by atoms with E-state index in [9.17, 15) is 4.39 Å². The van der Waals surface area contributed by atoms with Crippen LogP contribution >= 0.6 is 0 Å². The van der Waals surface area contributed by atoms with Crippen LogP contribution in [0.4, 0.5) is 10.1 Å². The molecule has 28 heavy (non-hydrogen) atoms. The zero-order valence-electron chi connectivity index (χ0n) is 16.1. The number of aromatic nitrogens is 2. The van der Waals surface area contributed by atoms with E-state index < -0.39 is 0 Å². The van der Waals surface area contributed by atoms with Gasteiger partial charge in [0.1, 0.15) is 5.82 Å². The lowest BCUT2D eigenvalue weighted by molar-refractivity contribution is 0.261. The molecule has 2 aromatic carbocycles. The minimum atomic E-state index is -0.278. The predicted octanol–water partition coefficient (Wildman–Crippen LogP) is 4.50. The quantitative estimate of drug-likeness (QED) is 0.630. The average Bonchev–Trinajstić information content (AvgIpc) is 3.18. The summed E-state index contributed by atoms with van der Waals surface area (Å²) in [7, 11) is 2.05. The normalized spacial score (nSPS) is 14.6. The van der Waals surface area contributed by atoms with Crippen molar-refractivity contribution < 1.29 is 8.91 Å². The first-order valence-corrected chi connectivity index (χ1v) is 9.79. The molecule has 0 unspecified atom stereocenters. The van der Waals surface area contributed by atoms with Crippen LogP contribution in [-0.4, -0.2) is 35.2 Å². The van der Waals surface area contributed by atoms with Crippen molar-refractivity contribution in [1.29, 1.82) is 0 Å². The molecule has 0 atom stereocenters. The van der Waals surface area contributed by atoms with Crippen LogP contribution in [0.2, 0.25) is 0 Å². The number of nitrogens with zero attached hydrogens (tertiary/aromatic N) is 4. The van der Waals surface area contributed by atoms with Gasteiger partial charge in [0, 0.05) is 30.9 Å². The van der Waals surface area contributed by atoms with Crippen LogP contribution in [0.25, 0.3) is 11.4 Å². The molecule has 0 radical (unpaired) electrons. The van der Waals surface area contributed by atoms with Gasteiger partial charge in [-0.05, 0) is 62.2 Å².